The van der Waals surface area contributed by atoms with E-state index in [2.05, 4.69) is 40.3 Å². The summed E-state index contributed by atoms with van der Waals surface area (Å²) in [5.41, 5.74) is -2.48. The van der Waals surface area contributed by atoms with Gasteiger partial charge in [-0.3, -0.25) is 14.1 Å². The summed E-state index contributed by atoms with van der Waals surface area (Å²) in [5.74, 6) is -2.83. The smallest absolute Gasteiger partial charge is 0.203 e. The molecule has 0 bridgehead atoms. The highest BCUT2D eigenvalue weighted by molar-refractivity contribution is 7.71. The minimum Gasteiger partial charge on any atom is -0.381 e. The molecule has 0 aliphatic carbocycles. The molecule has 9 rings (SSSR count). The van der Waals surface area contributed by atoms with Gasteiger partial charge in [0.1, 0.15) is 78.3 Å². The number of hydrogen-bond donors (Lipinski definition) is 2. The van der Waals surface area contributed by atoms with Gasteiger partial charge in [-0.2, -0.15) is 20.4 Å². The number of benzene rings is 3. The second-order valence-electron chi connectivity index (χ2n) is 14.8. The summed E-state index contributed by atoms with van der Waals surface area (Å²) in [6.45, 7) is 2.95. The molecular formula is C42H35ClF4N14O2S2. The first kappa shape index (κ1) is 44.7. The van der Waals surface area contributed by atoms with Gasteiger partial charge in [0.2, 0.25) is 9.54 Å². The zero-order valence-corrected chi connectivity index (χ0v) is 36.4. The topological polar surface area (TPSA) is 173 Å². The van der Waals surface area contributed by atoms with Crippen LogP contribution in [0.3, 0.4) is 0 Å². The summed E-state index contributed by atoms with van der Waals surface area (Å²) in [6, 6.07) is 17.2. The first-order valence-corrected chi connectivity index (χ1v) is 20.7. The Hall–Kier alpha value is -6.85. The van der Waals surface area contributed by atoms with Gasteiger partial charge in [-0.25, -0.2) is 51.2 Å². The van der Waals surface area contributed by atoms with Gasteiger partial charge in [0.05, 0.1) is 47.6 Å². The molecular weight excluding hydrogens is 908 g/mol. The van der Waals surface area contributed by atoms with Gasteiger partial charge in [-0.05, 0) is 74.7 Å². The third kappa shape index (κ3) is 8.98. The molecule has 9 aromatic rings. The molecule has 65 heavy (non-hydrogen) atoms. The first-order chi connectivity index (χ1) is 31.2. The normalized spacial score (nSPS) is 14.3. The number of pyridine rings is 2. The average Bonchev–Trinajstić information content (AvgIpc) is 4.13. The lowest BCUT2D eigenvalue weighted by atomic mass is 9.86. The molecule has 4 atom stereocenters. The largest absolute Gasteiger partial charge is 0.381 e. The standard InChI is InChI=1S/C23H19F2N7OS.C19H16ClF2N7OS/c1-15(23(33,11-30-13-26-12-28-30)19-7-6-17(24)9-20(19)25)32-22(34)31(14-29-32)18-8-16-4-2-3-5-21(16)27-10-18;1-12(29-18(31)28(11-26-29)17-5-2-13(20)7-24-17)19(30,8-27-10-23-9-25-27)15-4-3-14(21)6-16(15)22/h2-10,12-15,33H,11H2,1H3;2-7,9-12,30H,8H2,1H3/t15-,23-;12-,19-/m11/s1. The molecule has 0 fully saturated rings. The second kappa shape index (κ2) is 18.3. The maximum absolute atomic E-state index is 14.9. The van der Waals surface area contributed by atoms with Crippen molar-refractivity contribution in [2.75, 3.05) is 0 Å². The lowest BCUT2D eigenvalue weighted by Crippen LogP contribution is -2.41. The minimum atomic E-state index is -1.89. The summed E-state index contributed by atoms with van der Waals surface area (Å²) in [7, 11) is 0. The van der Waals surface area contributed by atoms with Crippen molar-refractivity contribution < 1.29 is 27.8 Å². The second-order valence-corrected chi connectivity index (χ2v) is 16.0. The number of nitrogens with zero attached hydrogens (tertiary/aromatic N) is 14. The van der Waals surface area contributed by atoms with Crippen LogP contribution in [0.25, 0.3) is 22.4 Å². The molecule has 0 unspecified atom stereocenters. The van der Waals surface area contributed by atoms with E-state index in [4.69, 9.17) is 36.0 Å². The van der Waals surface area contributed by atoms with E-state index in [9.17, 15) is 27.8 Å². The number of halogens is 5. The molecule has 6 aromatic heterocycles. The van der Waals surface area contributed by atoms with E-state index < -0.39 is 46.6 Å². The third-order valence-electron chi connectivity index (χ3n) is 10.9. The highest BCUT2D eigenvalue weighted by atomic mass is 35.5. The molecule has 6 heterocycles. The lowest BCUT2D eigenvalue weighted by molar-refractivity contribution is -0.0378. The Morgan fingerprint density at radius 1 is 0.631 bits per heavy atom. The van der Waals surface area contributed by atoms with Crippen LogP contribution in [0, 0.1) is 32.8 Å². The highest BCUT2D eigenvalue weighted by Crippen LogP contribution is 2.38. The van der Waals surface area contributed by atoms with E-state index in [0.717, 1.165) is 29.1 Å². The van der Waals surface area contributed by atoms with Crippen molar-refractivity contribution in [3.05, 3.63) is 178 Å². The number of rotatable bonds is 12. The fraction of sp³-hybridized carbons (Fsp3) is 0.190. The van der Waals surface area contributed by atoms with Crippen molar-refractivity contribution in [3.63, 3.8) is 0 Å². The molecule has 0 amide bonds. The van der Waals surface area contributed by atoms with Gasteiger partial charge in [0.15, 0.2) is 0 Å². The number of aliphatic hydroxyl groups is 2. The molecule has 23 heteroatoms. The fourth-order valence-electron chi connectivity index (χ4n) is 7.29. The molecule has 0 spiro atoms. The van der Waals surface area contributed by atoms with Crippen molar-refractivity contribution in [1.82, 2.24) is 68.2 Å². The summed E-state index contributed by atoms with van der Waals surface area (Å²) < 4.78 is 65.9. The summed E-state index contributed by atoms with van der Waals surface area (Å²) in [6.07, 6.45) is 11.5. The predicted octanol–water partition coefficient (Wildman–Crippen LogP) is 7.44. The Balaban J connectivity index is 0.000000178. The van der Waals surface area contributed by atoms with Crippen LogP contribution in [0.2, 0.25) is 5.02 Å². The Bertz CT molecular complexity index is 3220. The van der Waals surface area contributed by atoms with Crippen LogP contribution in [0.15, 0.2) is 129 Å². The zero-order valence-electron chi connectivity index (χ0n) is 34.1. The molecule has 0 aliphatic rings. The van der Waals surface area contributed by atoms with Gasteiger partial charge >= 0.3 is 0 Å². The predicted molar refractivity (Wildman–Crippen MR) is 233 cm³/mol. The maximum Gasteiger partial charge on any atom is 0.203 e. The van der Waals surface area contributed by atoms with E-state index in [0.29, 0.717) is 22.6 Å². The molecule has 3 aromatic carbocycles. The monoisotopic (exact) mass is 942 g/mol. The molecule has 0 saturated heterocycles. The Morgan fingerprint density at radius 3 is 1.68 bits per heavy atom. The Morgan fingerprint density at radius 2 is 1.17 bits per heavy atom. The van der Waals surface area contributed by atoms with E-state index in [1.54, 1.807) is 36.7 Å². The Kier molecular flexibility index (Phi) is 12.6. The van der Waals surface area contributed by atoms with Crippen molar-refractivity contribution in [1.29, 1.82) is 0 Å². The number of hydrogen-bond acceptors (Lipinski definition) is 12. The van der Waals surface area contributed by atoms with Crippen LogP contribution in [0.1, 0.15) is 37.1 Å². The number of aromatic nitrogens is 14. The van der Waals surface area contributed by atoms with Gasteiger partial charge < -0.3 is 10.2 Å². The van der Waals surface area contributed by atoms with Gasteiger partial charge in [0.25, 0.3) is 0 Å². The van der Waals surface area contributed by atoms with Crippen LogP contribution in [-0.4, -0.2) is 78.4 Å². The van der Waals surface area contributed by atoms with Crippen molar-refractivity contribution in [2.45, 2.75) is 50.2 Å². The summed E-state index contributed by atoms with van der Waals surface area (Å²) >= 11 is 17.1. The van der Waals surface area contributed by atoms with E-state index in [-0.39, 0.29) is 33.8 Å². The molecule has 332 valence electrons. The lowest BCUT2D eigenvalue weighted by Gasteiger charge is -2.34. The SMILES string of the molecule is C[C@@H](n1ncn(-c2ccc(Cl)cn2)c1=S)[C@](O)(Cn1cncn1)c1ccc(F)cc1F.C[C@@H](n1ncn(-c2cnc3ccccc3c2)c1=S)[C@](O)(Cn1cncn1)c1ccc(F)cc1F. The molecule has 0 aliphatic heterocycles. The van der Waals surface area contributed by atoms with E-state index in [1.165, 1.54) is 79.6 Å². The fourth-order valence-corrected chi connectivity index (χ4v) is 8.11. The van der Waals surface area contributed by atoms with Gasteiger partial charge in [0, 0.05) is 34.8 Å². The first-order valence-electron chi connectivity index (χ1n) is 19.5. The van der Waals surface area contributed by atoms with Gasteiger partial charge in [-0.1, -0.05) is 41.9 Å². The van der Waals surface area contributed by atoms with Crippen LogP contribution >= 0.6 is 36.0 Å². The molecule has 0 radical (unpaired) electrons. The van der Waals surface area contributed by atoms with E-state index in [1.807, 2.05) is 30.3 Å². The maximum atomic E-state index is 14.9. The molecule has 16 nitrogen and oxygen atoms in total. The van der Waals surface area contributed by atoms with Crippen molar-refractivity contribution in [2.24, 2.45) is 0 Å². The molecule has 2 N–H and O–H groups in total. The highest BCUT2D eigenvalue weighted by Gasteiger charge is 2.43. The van der Waals surface area contributed by atoms with Crippen molar-refractivity contribution >= 4 is 46.9 Å². The van der Waals surface area contributed by atoms with Gasteiger partial charge in [-0.15, -0.1) is 0 Å². The summed E-state index contributed by atoms with van der Waals surface area (Å²) in [4.78, 5) is 16.4. The number of fused-ring (bicyclic) bond motifs is 1. The van der Waals surface area contributed by atoms with Crippen LogP contribution in [-0.2, 0) is 24.3 Å². The minimum absolute atomic E-state index is 0.110. The molecule has 0 saturated carbocycles. The van der Waals surface area contributed by atoms with Crippen LogP contribution in [0.4, 0.5) is 17.6 Å². The van der Waals surface area contributed by atoms with Crippen LogP contribution in [0.5, 0.6) is 0 Å². The quantitative estimate of drug-likeness (QED) is 0.0918. The van der Waals surface area contributed by atoms with Crippen LogP contribution < -0.4 is 0 Å². The van der Waals surface area contributed by atoms with E-state index >= 15 is 0 Å². The summed E-state index contributed by atoms with van der Waals surface area (Å²) in [5, 5.41) is 41.6. The number of para-hydroxylation sites is 1. The average molecular weight is 943 g/mol. The third-order valence-corrected chi connectivity index (χ3v) is 11.8. The Labute approximate surface area is 381 Å². The van der Waals surface area contributed by atoms with Crippen molar-refractivity contribution in [3.8, 4) is 11.5 Å². The zero-order chi connectivity index (χ0) is 46.0.